The fraction of sp³-hybridized carbons (Fsp3) is 0.300. The molecule has 0 bridgehead atoms. The molecule has 144 valence electrons. The number of hydrogen-bond donors (Lipinski definition) is 1. The van der Waals surface area contributed by atoms with E-state index < -0.39 is 5.91 Å². The first kappa shape index (κ1) is 18.4. The zero-order chi connectivity index (χ0) is 19.8. The summed E-state index contributed by atoms with van der Waals surface area (Å²) in [4.78, 5) is 44.4. The van der Waals surface area contributed by atoms with Crippen molar-refractivity contribution in [3.63, 3.8) is 0 Å². The summed E-state index contributed by atoms with van der Waals surface area (Å²) < 4.78 is 0. The molecule has 8 heteroatoms. The van der Waals surface area contributed by atoms with Crippen LogP contribution in [0.3, 0.4) is 0 Å². The fourth-order valence-electron chi connectivity index (χ4n) is 3.60. The van der Waals surface area contributed by atoms with E-state index in [1.165, 1.54) is 11.3 Å². The van der Waals surface area contributed by atoms with Crippen molar-refractivity contribution >= 4 is 29.1 Å². The summed E-state index contributed by atoms with van der Waals surface area (Å²) in [5, 5.41) is 2.49. The monoisotopic (exact) mass is 396 g/mol. The lowest BCUT2D eigenvalue weighted by molar-refractivity contribution is -0.114. The number of likely N-dealkylation sites (tertiary alicyclic amines) is 1. The third-order valence-corrected chi connectivity index (χ3v) is 6.00. The van der Waals surface area contributed by atoms with Crippen molar-refractivity contribution in [3.05, 3.63) is 52.6 Å². The molecule has 1 aromatic carbocycles. The summed E-state index contributed by atoms with van der Waals surface area (Å²) in [6, 6.07) is 5.47. The van der Waals surface area contributed by atoms with Crippen molar-refractivity contribution in [2.24, 2.45) is 5.73 Å². The summed E-state index contributed by atoms with van der Waals surface area (Å²) in [6.07, 6.45) is 2.06. The number of carbonyl (C=O) groups excluding carboxylic acids is 3. The maximum atomic E-state index is 12.7. The average molecular weight is 396 g/mol. The molecule has 0 atom stereocenters. The first-order valence-electron chi connectivity index (χ1n) is 9.09. The Kier molecular flexibility index (Phi) is 4.72. The first-order chi connectivity index (χ1) is 13.5. The molecule has 3 amide bonds. The van der Waals surface area contributed by atoms with Gasteiger partial charge in [-0.3, -0.25) is 14.4 Å². The number of hydrogen-bond acceptors (Lipinski definition) is 5. The highest BCUT2D eigenvalue weighted by Gasteiger charge is 2.31. The summed E-state index contributed by atoms with van der Waals surface area (Å²) in [5.74, 6) is -0.818. The van der Waals surface area contributed by atoms with Crippen molar-refractivity contribution in [2.45, 2.75) is 19.4 Å². The van der Waals surface area contributed by atoms with E-state index in [2.05, 4.69) is 11.6 Å². The Hall–Kier alpha value is -3.00. The van der Waals surface area contributed by atoms with E-state index in [1.54, 1.807) is 16.3 Å². The van der Waals surface area contributed by atoms with Gasteiger partial charge in [-0.2, -0.15) is 0 Å². The molecule has 0 radical (unpaired) electrons. The maximum absolute atomic E-state index is 12.7. The summed E-state index contributed by atoms with van der Waals surface area (Å²) in [5.41, 5.74) is 8.15. The predicted molar refractivity (Wildman–Crippen MR) is 106 cm³/mol. The number of rotatable bonds is 5. The number of carbonyl (C=O) groups is 3. The second kappa shape index (κ2) is 7.20. The van der Waals surface area contributed by atoms with Gasteiger partial charge in [0.25, 0.3) is 11.8 Å². The van der Waals surface area contributed by atoms with Crippen LogP contribution in [0.4, 0.5) is 0 Å². The molecule has 4 rings (SSSR count). The molecule has 28 heavy (non-hydrogen) atoms. The molecule has 1 fully saturated rings. The summed E-state index contributed by atoms with van der Waals surface area (Å²) >= 11 is 1.40. The Morgan fingerprint density at radius 3 is 2.64 bits per heavy atom. The number of benzene rings is 1. The minimum absolute atomic E-state index is 0.0389. The topological polar surface area (TPSA) is 96.6 Å². The van der Waals surface area contributed by atoms with E-state index in [1.807, 2.05) is 17.0 Å². The highest BCUT2D eigenvalue weighted by atomic mass is 32.1. The normalized spacial score (nSPS) is 15.8. The van der Waals surface area contributed by atoms with Gasteiger partial charge in [0.15, 0.2) is 0 Å². The van der Waals surface area contributed by atoms with Crippen LogP contribution in [0, 0.1) is 0 Å². The predicted octanol–water partition coefficient (Wildman–Crippen LogP) is 2.04. The number of amides is 3. The molecular formula is C20H20N4O3S. The zero-order valence-electron chi connectivity index (χ0n) is 15.3. The maximum Gasteiger partial charge on any atom is 0.273 e. The Balaban J connectivity index is 1.60. The van der Waals surface area contributed by atoms with Gasteiger partial charge in [-0.25, -0.2) is 4.98 Å². The van der Waals surface area contributed by atoms with E-state index >= 15 is 0 Å². The number of thiazole rings is 1. The fourth-order valence-corrected chi connectivity index (χ4v) is 4.45. The minimum Gasteiger partial charge on any atom is -0.366 e. The van der Waals surface area contributed by atoms with E-state index in [0.717, 1.165) is 37.1 Å². The molecule has 1 saturated heterocycles. The molecule has 2 N–H and O–H groups in total. The second-order valence-electron chi connectivity index (χ2n) is 7.00. The second-order valence-corrected chi connectivity index (χ2v) is 7.86. The number of fused-ring (bicyclic) bond motifs is 1. The van der Waals surface area contributed by atoms with Gasteiger partial charge >= 0.3 is 0 Å². The van der Waals surface area contributed by atoms with Gasteiger partial charge < -0.3 is 15.5 Å². The number of aromatic nitrogens is 1. The quantitative estimate of drug-likeness (QED) is 0.782. The molecule has 2 aromatic rings. The standard InChI is InChI=1S/C20H20N4O3S/c1-12(17(21)25)9-24-10-15-13(5-4-6-14(15)19(24)26)18-22-16(11-28-18)20(27)23-7-2-3-8-23/h4-6,11H,1-3,7-10H2,(H2,21,25). The van der Waals surface area contributed by atoms with Gasteiger partial charge in [0.05, 0.1) is 6.54 Å². The van der Waals surface area contributed by atoms with Crippen LogP contribution in [-0.4, -0.2) is 52.1 Å². The molecule has 0 unspecified atom stereocenters. The van der Waals surface area contributed by atoms with Crippen LogP contribution < -0.4 is 5.73 Å². The SMILES string of the molecule is C=C(CN1Cc2c(cccc2-c2nc(C(=O)N3CCCC3)cs2)C1=O)C(N)=O. The van der Waals surface area contributed by atoms with Crippen molar-refractivity contribution in [3.8, 4) is 10.6 Å². The highest BCUT2D eigenvalue weighted by Crippen LogP contribution is 2.34. The van der Waals surface area contributed by atoms with Crippen LogP contribution in [0.25, 0.3) is 10.6 Å². The van der Waals surface area contributed by atoms with Gasteiger partial charge in [-0.15, -0.1) is 11.3 Å². The lowest BCUT2D eigenvalue weighted by Gasteiger charge is -2.15. The number of nitrogens with zero attached hydrogens (tertiary/aromatic N) is 3. The Morgan fingerprint density at radius 1 is 1.21 bits per heavy atom. The number of primary amides is 1. The summed E-state index contributed by atoms with van der Waals surface area (Å²) in [6.45, 7) is 5.64. The molecule has 0 saturated carbocycles. The minimum atomic E-state index is -0.617. The summed E-state index contributed by atoms with van der Waals surface area (Å²) in [7, 11) is 0. The molecule has 0 spiro atoms. The van der Waals surface area contributed by atoms with Gasteiger partial charge in [-0.05, 0) is 24.5 Å². The van der Waals surface area contributed by atoms with Gasteiger partial charge in [0, 0.05) is 41.7 Å². The molecule has 2 aliphatic rings. The van der Waals surface area contributed by atoms with Crippen LogP contribution >= 0.6 is 11.3 Å². The zero-order valence-corrected chi connectivity index (χ0v) is 16.1. The van der Waals surface area contributed by atoms with E-state index in [-0.39, 0.29) is 23.9 Å². The molecular weight excluding hydrogens is 376 g/mol. The Labute approximate surface area is 166 Å². The van der Waals surface area contributed by atoms with Gasteiger partial charge in [0.2, 0.25) is 5.91 Å². The van der Waals surface area contributed by atoms with E-state index in [4.69, 9.17) is 5.73 Å². The third kappa shape index (κ3) is 3.20. The molecule has 3 heterocycles. The molecule has 1 aromatic heterocycles. The van der Waals surface area contributed by atoms with Crippen LogP contribution in [0.15, 0.2) is 35.7 Å². The highest BCUT2D eigenvalue weighted by molar-refractivity contribution is 7.13. The van der Waals surface area contributed by atoms with Crippen molar-refractivity contribution in [1.29, 1.82) is 0 Å². The molecule has 2 aliphatic heterocycles. The lowest BCUT2D eigenvalue weighted by Crippen LogP contribution is -2.30. The Bertz CT molecular complexity index is 991. The first-order valence-corrected chi connectivity index (χ1v) is 9.97. The van der Waals surface area contributed by atoms with E-state index in [9.17, 15) is 14.4 Å². The van der Waals surface area contributed by atoms with E-state index in [0.29, 0.717) is 22.8 Å². The third-order valence-electron chi connectivity index (χ3n) is 5.12. The van der Waals surface area contributed by atoms with Gasteiger partial charge in [-0.1, -0.05) is 18.7 Å². The average Bonchev–Trinajstić information content (AvgIpc) is 3.42. The van der Waals surface area contributed by atoms with Crippen molar-refractivity contribution < 1.29 is 14.4 Å². The van der Waals surface area contributed by atoms with Crippen LogP contribution in [0.2, 0.25) is 0 Å². The largest absolute Gasteiger partial charge is 0.366 e. The van der Waals surface area contributed by atoms with Crippen LogP contribution in [0.5, 0.6) is 0 Å². The van der Waals surface area contributed by atoms with Crippen LogP contribution in [-0.2, 0) is 11.3 Å². The molecule has 0 aliphatic carbocycles. The number of nitrogens with two attached hydrogens (primary N) is 1. The van der Waals surface area contributed by atoms with Crippen molar-refractivity contribution in [2.75, 3.05) is 19.6 Å². The Morgan fingerprint density at radius 2 is 1.93 bits per heavy atom. The van der Waals surface area contributed by atoms with Gasteiger partial charge in [0.1, 0.15) is 10.7 Å². The smallest absolute Gasteiger partial charge is 0.273 e. The van der Waals surface area contributed by atoms with Crippen molar-refractivity contribution in [1.82, 2.24) is 14.8 Å². The lowest BCUT2D eigenvalue weighted by atomic mass is 10.0. The van der Waals surface area contributed by atoms with Crippen LogP contribution in [0.1, 0.15) is 39.3 Å². The molecule has 7 nitrogen and oxygen atoms in total.